The van der Waals surface area contributed by atoms with Crippen molar-refractivity contribution in [3.8, 4) is 0 Å². The maximum absolute atomic E-state index is 9.78. The van der Waals surface area contributed by atoms with E-state index in [1.807, 2.05) is 0 Å². The second-order valence-corrected chi connectivity index (χ2v) is 5.56. The first kappa shape index (κ1) is 9.17. The summed E-state index contributed by atoms with van der Waals surface area (Å²) in [5, 5.41) is 9.78. The number of hydrogen-bond donors (Lipinski definition) is 1. The molecule has 0 radical (unpaired) electrons. The van der Waals surface area contributed by atoms with Crippen LogP contribution in [-0.4, -0.2) is 35.7 Å². The molecule has 3 unspecified atom stereocenters. The Labute approximate surface area is 86.3 Å². The Morgan fingerprint density at radius 1 is 1.07 bits per heavy atom. The molecule has 0 bridgehead atoms. The minimum atomic E-state index is 0.0194. The highest BCUT2D eigenvalue weighted by atomic mass is 16.3. The Hall–Kier alpha value is -0.0800. The van der Waals surface area contributed by atoms with Gasteiger partial charge in [0.1, 0.15) is 0 Å². The van der Waals surface area contributed by atoms with Gasteiger partial charge in [-0.15, -0.1) is 0 Å². The molecule has 2 heteroatoms. The summed E-state index contributed by atoms with van der Waals surface area (Å²) in [6.07, 6.45) is 6.71. The molecule has 0 spiro atoms. The average Bonchev–Trinajstić information content (AvgIpc) is 2.82. The zero-order valence-corrected chi connectivity index (χ0v) is 8.86. The summed E-state index contributed by atoms with van der Waals surface area (Å²) in [6.45, 7) is 3.75. The zero-order chi connectivity index (χ0) is 9.54. The zero-order valence-electron chi connectivity index (χ0n) is 8.86. The molecule has 14 heavy (non-hydrogen) atoms. The molecule has 3 fully saturated rings. The molecule has 0 aromatic rings. The summed E-state index contributed by atoms with van der Waals surface area (Å²) in [5.41, 5.74) is 0. The lowest BCUT2D eigenvalue weighted by Gasteiger charge is -2.17. The summed E-state index contributed by atoms with van der Waals surface area (Å²) in [6, 6.07) is 0. The van der Waals surface area contributed by atoms with E-state index in [9.17, 15) is 5.11 Å². The van der Waals surface area contributed by atoms with Gasteiger partial charge in [-0.3, -0.25) is 0 Å². The number of rotatable bonds is 3. The van der Waals surface area contributed by atoms with Crippen LogP contribution in [0.25, 0.3) is 0 Å². The van der Waals surface area contributed by atoms with Gasteiger partial charge < -0.3 is 10.0 Å². The van der Waals surface area contributed by atoms with Crippen molar-refractivity contribution in [2.75, 3.05) is 19.6 Å². The van der Waals surface area contributed by atoms with Crippen molar-refractivity contribution in [2.24, 2.45) is 17.8 Å². The van der Waals surface area contributed by atoms with Crippen LogP contribution >= 0.6 is 0 Å². The molecule has 1 saturated heterocycles. The van der Waals surface area contributed by atoms with Gasteiger partial charge in [0, 0.05) is 19.0 Å². The van der Waals surface area contributed by atoms with Crippen LogP contribution < -0.4 is 0 Å². The Bertz CT molecular complexity index is 214. The first-order chi connectivity index (χ1) is 6.83. The van der Waals surface area contributed by atoms with Crippen LogP contribution in [0.2, 0.25) is 0 Å². The Morgan fingerprint density at radius 2 is 1.93 bits per heavy atom. The van der Waals surface area contributed by atoms with Crippen molar-refractivity contribution in [1.82, 2.24) is 4.90 Å². The lowest BCUT2D eigenvalue weighted by molar-refractivity contribution is 0.124. The van der Waals surface area contributed by atoms with Crippen molar-refractivity contribution >= 4 is 0 Å². The first-order valence-electron chi connectivity index (χ1n) is 6.23. The minimum absolute atomic E-state index is 0.0194. The normalized spacial score (nSPS) is 43.1. The van der Waals surface area contributed by atoms with E-state index in [1.54, 1.807) is 0 Å². The maximum Gasteiger partial charge on any atom is 0.0583 e. The van der Waals surface area contributed by atoms with Gasteiger partial charge in [0.2, 0.25) is 0 Å². The van der Waals surface area contributed by atoms with E-state index in [4.69, 9.17) is 0 Å². The topological polar surface area (TPSA) is 23.5 Å². The number of nitrogens with zero attached hydrogens (tertiary/aromatic N) is 1. The maximum atomic E-state index is 9.78. The van der Waals surface area contributed by atoms with E-state index in [2.05, 4.69) is 4.90 Å². The van der Waals surface area contributed by atoms with E-state index in [0.29, 0.717) is 5.92 Å². The molecule has 80 valence electrons. The average molecular weight is 195 g/mol. The van der Waals surface area contributed by atoms with Crippen LogP contribution in [0.5, 0.6) is 0 Å². The molecule has 0 aromatic heterocycles. The van der Waals surface area contributed by atoms with Gasteiger partial charge in [0.25, 0.3) is 0 Å². The second kappa shape index (κ2) is 3.49. The van der Waals surface area contributed by atoms with Crippen LogP contribution in [0.3, 0.4) is 0 Å². The van der Waals surface area contributed by atoms with E-state index < -0.39 is 0 Å². The third-order valence-electron chi connectivity index (χ3n) is 4.45. The quantitative estimate of drug-likeness (QED) is 0.737. The highest BCUT2D eigenvalue weighted by Gasteiger charge is 2.41. The Morgan fingerprint density at radius 3 is 2.64 bits per heavy atom. The highest BCUT2D eigenvalue weighted by molar-refractivity contribution is 4.93. The van der Waals surface area contributed by atoms with Gasteiger partial charge in [-0.05, 0) is 37.6 Å². The van der Waals surface area contributed by atoms with Crippen LogP contribution in [0.4, 0.5) is 0 Å². The third kappa shape index (κ3) is 1.70. The summed E-state index contributed by atoms with van der Waals surface area (Å²) in [7, 11) is 0. The van der Waals surface area contributed by atoms with Crippen LogP contribution in [0.1, 0.15) is 32.1 Å². The molecule has 3 rings (SSSR count). The summed E-state index contributed by atoms with van der Waals surface area (Å²) < 4.78 is 0. The predicted molar refractivity (Wildman–Crippen MR) is 56.0 cm³/mol. The van der Waals surface area contributed by atoms with E-state index in [0.717, 1.165) is 18.3 Å². The largest absolute Gasteiger partial charge is 0.393 e. The predicted octanol–water partition coefficient (Wildman–Crippen LogP) is 1.49. The van der Waals surface area contributed by atoms with Crippen LogP contribution in [-0.2, 0) is 0 Å². The van der Waals surface area contributed by atoms with Gasteiger partial charge in [0.05, 0.1) is 6.10 Å². The van der Waals surface area contributed by atoms with Gasteiger partial charge in [-0.2, -0.15) is 0 Å². The second-order valence-electron chi connectivity index (χ2n) is 5.56. The van der Waals surface area contributed by atoms with Crippen molar-refractivity contribution < 1.29 is 5.11 Å². The van der Waals surface area contributed by atoms with Gasteiger partial charge in [-0.25, -0.2) is 0 Å². The summed E-state index contributed by atoms with van der Waals surface area (Å²) in [4.78, 5) is 2.59. The third-order valence-corrected chi connectivity index (χ3v) is 4.45. The molecule has 2 aliphatic carbocycles. The molecule has 3 aliphatic rings. The van der Waals surface area contributed by atoms with E-state index in [-0.39, 0.29) is 6.10 Å². The number of likely N-dealkylation sites (tertiary alicyclic amines) is 1. The Balaban J connectivity index is 1.49. The SMILES string of the molecule is OC1CCC2CN(CCC3CC3)CC12. The fourth-order valence-corrected chi connectivity index (χ4v) is 3.28. The first-order valence-corrected chi connectivity index (χ1v) is 6.23. The smallest absolute Gasteiger partial charge is 0.0583 e. The standard InChI is InChI=1S/C12H21NO/c14-12-4-3-10-7-13(8-11(10)12)6-5-9-1-2-9/h9-12,14H,1-8H2. The number of aliphatic hydroxyl groups is 1. The van der Waals surface area contributed by atoms with Gasteiger partial charge in [0.15, 0.2) is 0 Å². The molecule has 3 atom stereocenters. The molecule has 0 aromatic carbocycles. The monoisotopic (exact) mass is 195 g/mol. The minimum Gasteiger partial charge on any atom is -0.393 e. The molecule has 2 nitrogen and oxygen atoms in total. The molecular formula is C12H21NO. The van der Waals surface area contributed by atoms with Crippen molar-refractivity contribution in [1.29, 1.82) is 0 Å². The highest BCUT2D eigenvalue weighted by Crippen LogP contribution is 2.39. The number of aliphatic hydroxyl groups excluding tert-OH is 1. The van der Waals surface area contributed by atoms with Crippen LogP contribution in [0, 0.1) is 17.8 Å². The molecule has 0 amide bonds. The molecular weight excluding hydrogens is 174 g/mol. The lowest BCUT2D eigenvalue weighted by Crippen LogP contribution is -2.25. The van der Waals surface area contributed by atoms with E-state index in [1.165, 1.54) is 45.3 Å². The molecule has 2 saturated carbocycles. The molecule has 1 aliphatic heterocycles. The van der Waals surface area contributed by atoms with Gasteiger partial charge in [-0.1, -0.05) is 12.8 Å². The number of fused-ring (bicyclic) bond motifs is 1. The van der Waals surface area contributed by atoms with Crippen molar-refractivity contribution in [2.45, 2.75) is 38.2 Å². The Kier molecular flexibility index (Phi) is 2.29. The van der Waals surface area contributed by atoms with Crippen molar-refractivity contribution in [3.63, 3.8) is 0 Å². The number of hydrogen-bond acceptors (Lipinski definition) is 2. The summed E-state index contributed by atoms with van der Waals surface area (Å²) >= 11 is 0. The van der Waals surface area contributed by atoms with E-state index >= 15 is 0 Å². The molecule has 1 heterocycles. The fourth-order valence-electron chi connectivity index (χ4n) is 3.28. The van der Waals surface area contributed by atoms with Gasteiger partial charge >= 0.3 is 0 Å². The van der Waals surface area contributed by atoms with Crippen LogP contribution in [0.15, 0.2) is 0 Å². The molecule has 1 N–H and O–H groups in total. The summed E-state index contributed by atoms with van der Waals surface area (Å²) in [5.74, 6) is 2.50. The fraction of sp³-hybridized carbons (Fsp3) is 1.00. The lowest BCUT2D eigenvalue weighted by atomic mass is 10.00. The van der Waals surface area contributed by atoms with Crippen molar-refractivity contribution in [3.05, 3.63) is 0 Å².